The molecule has 0 atom stereocenters. The van der Waals surface area contributed by atoms with Crippen molar-refractivity contribution in [3.05, 3.63) is 215 Å². The quantitative estimate of drug-likeness (QED) is 0.197. The van der Waals surface area contributed by atoms with E-state index in [-0.39, 0.29) is 0 Å². The summed E-state index contributed by atoms with van der Waals surface area (Å²) >= 11 is 0. The molecular formula is C38H30. The van der Waals surface area contributed by atoms with Gasteiger partial charge < -0.3 is 0 Å². The molecule has 0 aliphatic heterocycles. The van der Waals surface area contributed by atoms with Crippen molar-refractivity contribution in [1.82, 2.24) is 0 Å². The van der Waals surface area contributed by atoms with E-state index in [0.29, 0.717) is 0 Å². The summed E-state index contributed by atoms with van der Waals surface area (Å²) < 4.78 is 0. The molecule has 0 spiro atoms. The van der Waals surface area contributed by atoms with Gasteiger partial charge in [0.2, 0.25) is 0 Å². The SMILES string of the molecule is c1ccc(C(c2ccccc2)(c2ccccc2)C(c2ccccc2)(c2ccccc2)c2ccccc2)cc1. The van der Waals surface area contributed by atoms with E-state index in [1.54, 1.807) is 0 Å². The van der Waals surface area contributed by atoms with Crippen LogP contribution in [0.25, 0.3) is 0 Å². The summed E-state index contributed by atoms with van der Waals surface area (Å²) in [6.45, 7) is 0. The molecule has 0 unspecified atom stereocenters. The summed E-state index contributed by atoms with van der Waals surface area (Å²) in [6, 6.07) is 66.2. The number of hydrogen-bond donors (Lipinski definition) is 0. The molecule has 0 saturated heterocycles. The van der Waals surface area contributed by atoms with Crippen molar-refractivity contribution in [3.8, 4) is 0 Å². The van der Waals surface area contributed by atoms with E-state index >= 15 is 0 Å². The topological polar surface area (TPSA) is 0 Å². The minimum absolute atomic E-state index is 0.596. The van der Waals surface area contributed by atoms with Gasteiger partial charge in [-0.3, -0.25) is 0 Å². The van der Waals surface area contributed by atoms with Crippen molar-refractivity contribution in [2.45, 2.75) is 10.8 Å². The Labute approximate surface area is 225 Å². The Bertz CT molecular complexity index is 1240. The second-order valence-corrected chi connectivity index (χ2v) is 9.70. The van der Waals surface area contributed by atoms with Gasteiger partial charge in [-0.05, 0) is 33.4 Å². The van der Waals surface area contributed by atoms with Crippen LogP contribution in [-0.2, 0) is 10.8 Å². The van der Waals surface area contributed by atoms with Crippen molar-refractivity contribution in [3.63, 3.8) is 0 Å². The third-order valence-corrected chi connectivity index (χ3v) is 7.80. The molecule has 0 radical (unpaired) electrons. The van der Waals surface area contributed by atoms with E-state index in [9.17, 15) is 0 Å². The molecule has 0 saturated carbocycles. The molecule has 6 aromatic carbocycles. The van der Waals surface area contributed by atoms with E-state index in [1.165, 1.54) is 33.4 Å². The van der Waals surface area contributed by atoms with Crippen LogP contribution in [0, 0.1) is 0 Å². The maximum atomic E-state index is 2.30. The van der Waals surface area contributed by atoms with Gasteiger partial charge in [0, 0.05) is 0 Å². The first-order chi connectivity index (χ1) is 18.9. The van der Waals surface area contributed by atoms with Crippen molar-refractivity contribution in [1.29, 1.82) is 0 Å². The first-order valence-electron chi connectivity index (χ1n) is 13.2. The normalized spacial score (nSPS) is 11.7. The van der Waals surface area contributed by atoms with Gasteiger partial charge in [-0.1, -0.05) is 182 Å². The van der Waals surface area contributed by atoms with Gasteiger partial charge in [-0.25, -0.2) is 0 Å². The van der Waals surface area contributed by atoms with E-state index in [1.807, 2.05) is 0 Å². The van der Waals surface area contributed by atoms with E-state index < -0.39 is 10.8 Å². The van der Waals surface area contributed by atoms with Crippen LogP contribution < -0.4 is 0 Å². The highest BCUT2D eigenvalue weighted by Gasteiger charge is 2.57. The summed E-state index contributed by atoms with van der Waals surface area (Å²) in [4.78, 5) is 0. The Morgan fingerprint density at radius 1 is 0.184 bits per heavy atom. The van der Waals surface area contributed by atoms with Gasteiger partial charge in [0.05, 0.1) is 10.8 Å². The Balaban J connectivity index is 1.93. The molecule has 38 heavy (non-hydrogen) atoms. The van der Waals surface area contributed by atoms with Crippen LogP contribution in [0.15, 0.2) is 182 Å². The number of rotatable bonds is 7. The van der Waals surface area contributed by atoms with Gasteiger partial charge >= 0.3 is 0 Å². The zero-order valence-corrected chi connectivity index (χ0v) is 21.3. The fraction of sp³-hybridized carbons (Fsp3) is 0.0526. The van der Waals surface area contributed by atoms with Crippen LogP contribution >= 0.6 is 0 Å². The van der Waals surface area contributed by atoms with Crippen molar-refractivity contribution in [2.75, 3.05) is 0 Å². The fourth-order valence-electron chi connectivity index (χ4n) is 6.43. The molecule has 0 N–H and O–H groups in total. The highest BCUT2D eigenvalue weighted by Crippen LogP contribution is 2.59. The maximum absolute atomic E-state index is 2.30. The van der Waals surface area contributed by atoms with Crippen molar-refractivity contribution >= 4 is 0 Å². The molecule has 0 heterocycles. The zero-order valence-electron chi connectivity index (χ0n) is 21.3. The third-order valence-electron chi connectivity index (χ3n) is 7.80. The van der Waals surface area contributed by atoms with Crippen LogP contribution in [0.1, 0.15) is 33.4 Å². The Hall–Kier alpha value is -4.68. The highest BCUT2D eigenvalue weighted by molar-refractivity contribution is 5.67. The predicted molar refractivity (Wildman–Crippen MR) is 158 cm³/mol. The van der Waals surface area contributed by atoms with Gasteiger partial charge in [-0.2, -0.15) is 0 Å². The first-order valence-corrected chi connectivity index (χ1v) is 13.2. The van der Waals surface area contributed by atoms with Crippen LogP contribution in [0.3, 0.4) is 0 Å². The first kappa shape index (κ1) is 23.7. The summed E-state index contributed by atoms with van der Waals surface area (Å²) in [5.41, 5.74) is 6.27. The third kappa shape index (κ3) is 3.69. The molecule has 6 rings (SSSR count). The summed E-state index contributed by atoms with van der Waals surface area (Å²) in [5, 5.41) is 0. The standard InChI is InChI=1S/C38H30/c1-7-19-31(20-8-1)37(32-21-9-2-10-22-32,33-23-11-3-12-24-33)38(34-25-13-4-14-26-34,35-27-15-5-16-28-35)36-29-17-6-18-30-36/h1-30H. The average molecular weight is 487 g/mol. The van der Waals surface area contributed by atoms with Crippen LogP contribution in [0.5, 0.6) is 0 Å². The monoisotopic (exact) mass is 486 g/mol. The van der Waals surface area contributed by atoms with Crippen LogP contribution in [-0.4, -0.2) is 0 Å². The second-order valence-electron chi connectivity index (χ2n) is 9.70. The number of benzene rings is 6. The summed E-state index contributed by atoms with van der Waals surface area (Å²) in [5.74, 6) is 0. The lowest BCUT2D eigenvalue weighted by Gasteiger charge is -2.53. The van der Waals surface area contributed by atoms with Gasteiger partial charge in [0.1, 0.15) is 0 Å². The summed E-state index contributed by atoms with van der Waals surface area (Å²) in [7, 11) is 0. The molecule has 0 aliphatic rings. The molecule has 6 aromatic rings. The lowest BCUT2D eigenvalue weighted by Crippen LogP contribution is -2.52. The lowest BCUT2D eigenvalue weighted by atomic mass is 9.47. The van der Waals surface area contributed by atoms with E-state index in [4.69, 9.17) is 0 Å². The van der Waals surface area contributed by atoms with Crippen molar-refractivity contribution in [2.24, 2.45) is 0 Å². The molecular weight excluding hydrogens is 456 g/mol. The summed E-state index contributed by atoms with van der Waals surface area (Å²) in [6.07, 6.45) is 0. The highest BCUT2D eigenvalue weighted by atomic mass is 14.6. The van der Waals surface area contributed by atoms with Crippen molar-refractivity contribution < 1.29 is 0 Å². The van der Waals surface area contributed by atoms with Crippen LogP contribution in [0.2, 0.25) is 0 Å². The van der Waals surface area contributed by atoms with Gasteiger partial charge in [-0.15, -0.1) is 0 Å². The fourth-order valence-corrected chi connectivity index (χ4v) is 6.43. The largest absolute Gasteiger partial charge is 0.0629 e. The number of hydrogen-bond acceptors (Lipinski definition) is 0. The molecule has 182 valence electrons. The minimum atomic E-state index is -0.596. The average Bonchev–Trinajstić information content (AvgIpc) is 3.02. The predicted octanol–water partition coefficient (Wildman–Crippen LogP) is 9.06. The molecule has 0 heteroatoms. The smallest absolute Gasteiger partial charge is 0.0622 e. The minimum Gasteiger partial charge on any atom is -0.0622 e. The lowest BCUT2D eigenvalue weighted by molar-refractivity contribution is 0.419. The van der Waals surface area contributed by atoms with Gasteiger partial charge in [0.25, 0.3) is 0 Å². The van der Waals surface area contributed by atoms with Crippen LogP contribution in [0.4, 0.5) is 0 Å². The second kappa shape index (κ2) is 10.4. The van der Waals surface area contributed by atoms with Gasteiger partial charge in [0.15, 0.2) is 0 Å². The molecule has 0 nitrogen and oxygen atoms in total. The Kier molecular flexibility index (Phi) is 6.46. The maximum Gasteiger partial charge on any atom is 0.0629 e. The zero-order chi connectivity index (χ0) is 25.7. The van der Waals surface area contributed by atoms with E-state index in [2.05, 4.69) is 182 Å². The van der Waals surface area contributed by atoms with E-state index in [0.717, 1.165) is 0 Å². The molecule has 0 aliphatic carbocycles. The molecule has 0 aromatic heterocycles. The molecule has 0 fully saturated rings. The molecule has 0 bridgehead atoms. The Morgan fingerprint density at radius 2 is 0.316 bits per heavy atom. The molecule has 0 amide bonds. The Morgan fingerprint density at radius 3 is 0.447 bits per heavy atom.